The van der Waals surface area contributed by atoms with E-state index in [4.69, 9.17) is 22.9 Å². The molecule has 0 radical (unpaired) electrons. The fraction of sp³-hybridized carbons (Fsp3) is 0.250. The van der Waals surface area contributed by atoms with Crippen LogP contribution in [-0.4, -0.2) is 16.5 Å². The first-order valence-electron chi connectivity index (χ1n) is 4.19. The average Bonchev–Trinajstić information content (AvgIpc) is 2.20. The molecule has 0 unspecified atom stereocenters. The molecular weight excluding hydrogens is 216 g/mol. The lowest BCUT2D eigenvalue weighted by atomic mass is 10.3. The summed E-state index contributed by atoms with van der Waals surface area (Å²) in [5.74, 6) is 0.145. The largest absolute Gasteiger partial charge is 0.368 e. The van der Waals surface area contributed by atoms with Crippen LogP contribution in [0.4, 0.5) is 5.95 Å². The maximum atomic E-state index is 8.04. The number of rotatable bonds is 4. The van der Waals surface area contributed by atoms with Gasteiger partial charge in [-0.25, -0.2) is 9.97 Å². The lowest BCUT2D eigenvalue weighted by Gasteiger charge is -1.97. The van der Waals surface area contributed by atoms with Gasteiger partial charge in [0.25, 0.3) is 0 Å². The van der Waals surface area contributed by atoms with Crippen LogP contribution in [-0.2, 0) is 0 Å². The van der Waals surface area contributed by atoms with E-state index in [1.807, 2.05) is 6.08 Å². The number of nitrogens with two attached hydrogens (primary N) is 1. The molecule has 2 N–H and O–H groups in total. The Morgan fingerprint density at radius 2 is 2.47 bits per heavy atom. The predicted molar refractivity (Wildman–Crippen MR) is 59.1 cm³/mol. The van der Waals surface area contributed by atoms with Crippen molar-refractivity contribution in [3.8, 4) is 0 Å². The molecule has 15 heavy (non-hydrogen) atoms. The molecule has 6 nitrogen and oxygen atoms in total. The number of hydrogen-bond donors (Lipinski definition) is 1. The molecule has 0 atom stereocenters. The fourth-order valence-corrected chi connectivity index (χ4v) is 1.08. The molecule has 0 aliphatic carbocycles. The highest BCUT2D eigenvalue weighted by atomic mass is 35.5. The van der Waals surface area contributed by atoms with Gasteiger partial charge in [-0.2, -0.15) is 0 Å². The summed E-state index contributed by atoms with van der Waals surface area (Å²) in [4.78, 5) is 10.2. The van der Waals surface area contributed by atoms with Gasteiger partial charge in [0, 0.05) is 23.2 Å². The SMILES string of the molecule is [N-]=[N+]=NCCC=Cc1cnc(N)nc1Cl. The Morgan fingerprint density at radius 3 is 3.13 bits per heavy atom. The molecule has 7 heteroatoms. The van der Waals surface area contributed by atoms with Gasteiger partial charge in [0.2, 0.25) is 5.95 Å². The minimum atomic E-state index is 0.145. The molecule has 78 valence electrons. The van der Waals surface area contributed by atoms with E-state index in [-0.39, 0.29) is 5.95 Å². The van der Waals surface area contributed by atoms with Gasteiger partial charge in [0.1, 0.15) is 5.15 Å². The second kappa shape index (κ2) is 5.85. The van der Waals surface area contributed by atoms with E-state index in [9.17, 15) is 0 Å². The molecule has 0 saturated heterocycles. The van der Waals surface area contributed by atoms with Crippen molar-refractivity contribution in [3.63, 3.8) is 0 Å². The molecule has 1 heterocycles. The van der Waals surface area contributed by atoms with Gasteiger partial charge >= 0.3 is 0 Å². The normalized spacial score (nSPS) is 10.2. The zero-order valence-corrected chi connectivity index (χ0v) is 8.59. The van der Waals surface area contributed by atoms with Crippen molar-refractivity contribution in [3.05, 3.63) is 33.4 Å². The lowest BCUT2D eigenvalue weighted by molar-refractivity contribution is 0.995. The summed E-state index contributed by atoms with van der Waals surface area (Å²) in [6, 6.07) is 0. The molecule has 1 rings (SSSR count). The van der Waals surface area contributed by atoms with Crippen LogP contribution in [0.3, 0.4) is 0 Å². The zero-order chi connectivity index (χ0) is 11.1. The minimum Gasteiger partial charge on any atom is -0.368 e. The van der Waals surface area contributed by atoms with Crippen LogP contribution >= 0.6 is 11.6 Å². The van der Waals surface area contributed by atoms with E-state index < -0.39 is 0 Å². The molecule has 0 fully saturated rings. The Kier molecular flexibility index (Phi) is 4.40. The van der Waals surface area contributed by atoms with Crippen molar-refractivity contribution in [1.29, 1.82) is 0 Å². The van der Waals surface area contributed by atoms with Crippen LogP contribution in [0.15, 0.2) is 17.4 Å². The van der Waals surface area contributed by atoms with Gasteiger partial charge in [-0.3, -0.25) is 0 Å². The van der Waals surface area contributed by atoms with Crippen LogP contribution in [0.25, 0.3) is 16.5 Å². The van der Waals surface area contributed by atoms with E-state index in [0.717, 1.165) is 0 Å². The van der Waals surface area contributed by atoms with Crippen molar-refractivity contribution in [1.82, 2.24) is 9.97 Å². The van der Waals surface area contributed by atoms with E-state index in [1.165, 1.54) is 6.20 Å². The van der Waals surface area contributed by atoms with E-state index in [0.29, 0.717) is 23.7 Å². The first-order valence-corrected chi connectivity index (χ1v) is 4.57. The van der Waals surface area contributed by atoms with Crippen molar-refractivity contribution in [2.75, 3.05) is 12.3 Å². The topological polar surface area (TPSA) is 101 Å². The van der Waals surface area contributed by atoms with Gasteiger partial charge in [-0.15, -0.1) is 0 Å². The quantitative estimate of drug-likeness (QED) is 0.279. The van der Waals surface area contributed by atoms with Crippen molar-refractivity contribution in [2.45, 2.75) is 6.42 Å². The third kappa shape index (κ3) is 3.84. The van der Waals surface area contributed by atoms with Crippen LogP contribution in [0.1, 0.15) is 12.0 Å². The summed E-state index contributed by atoms with van der Waals surface area (Å²) in [6.07, 6.45) is 5.77. The predicted octanol–water partition coefficient (Wildman–Crippen LogP) is 2.43. The number of anilines is 1. The zero-order valence-electron chi connectivity index (χ0n) is 7.84. The smallest absolute Gasteiger partial charge is 0.221 e. The molecule has 1 aromatic rings. The highest BCUT2D eigenvalue weighted by Crippen LogP contribution is 2.14. The Labute approximate surface area is 91.4 Å². The number of nitrogens with zero attached hydrogens (tertiary/aromatic N) is 5. The van der Waals surface area contributed by atoms with Crippen LogP contribution in [0.2, 0.25) is 5.15 Å². The second-order valence-electron chi connectivity index (χ2n) is 2.62. The van der Waals surface area contributed by atoms with Gasteiger partial charge in [0.05, 0.1) is 0 Å². The van der Waals surface area contributed by atoms with Gasteiger partial charge in [-0.05, 0) is 12.0 Å². The van der Waals surface area contributed by atoms with Crippen LogP contribution < -0.4 is 5.73 Å². The van der Waals surface area contributed by atoms with Gasteiger partial charge < -0.3 is 5.73 Å². The van der Waals surface area contributed by atoms with Gasteiger partial charge in [-0.1, -0.05) is 28.9 Å². The molecular formula is C8H9ClN6. The van der Waals surface area contributed by atoms with Crippen molar-refractivity contribution >= 4 is 23.6 Å². The molecule has 0 aromatic carbocycles. The molecule has 0 amide bonds. The molecule has 0 spiro atoms. The summed E-state index contributed by atoms with van der Waals surface area (Å²) in [6.45, 7) is 0.417. The monoisotopic (exact) mass is 224 g/mol. The summed E-state index contributed by atoms with van der Waals surface area (Å²) < 4.78 is 0. The molecule has 0 bridgehead atoms. The molecule has 0 aliphatic heterocycles. The Morgan fingerprint density at radius 1 is 1.67 bits per heavy atom. The van der Waals surface area contributed by atoms with E-state index >= 15 is 0 Å². The van der Waals surface area contributed by atoms with Crippen molar-refractivity contribution in [2.24, 2.45) is 5.11 Å². The first kappa shape index (κ1) is 11.3. The average molecular weight is 225 g/mol. The van der Waals surface area contributed by atoms with Crippen molar-refractivity contribution < 1.29 is 0 Å². The maximum absolute atomic E-state index is 8.04. The van der Waals surface area contributed by atoms with Crippen LogP contribution in [0, 0.1) is 0 Å². The number of aromatic nitrogens is 2. The first-order chi connectivity index (χ1) is 7.24. The highest BCUT2D eigenvalue weighted by molar-refractivity contribution is 6.30. The third-order valence-corrected chi connectivity index (χ3v) is 1.85. The summed E-state index contributed by atoms with van der Waals surface area (Å²) in [7, 11) is 0. The highest BCUT2D eigenvalue weighted by Gasteiger charge is 1.98. The molecule has 0 aliphatic rings. The summed E-state index contributed by atoms with van der Waals surface area (Å²) in [5, 5.41) is 3.69. The van der Waals surface area contributed by atoms with E-state index in [2.05, 4.69) is 20.0 Å². The van der Waals surface area contributed by atoms with Gasteiger partial charge in [0.15, 0.2) is 0 Å². The lowest BCUT2D eigenvalue weighted by Crippen LogP contribution is -1.95. The van der Waals surface area contributed by atoms with E-state index in [1.54, 1.807) is 6.08 Å². The molecule has 1 aromatic heterocycles. The summed E-state index contributed by atoms with van der Waals surface area (Å²) >= 11 is 5.81. The number of halogens is 1. The second-order valence-corrected chi connectivity index (χ2v) is 2.98. The maximum Gasteiger partial charge on any atom is 0.221 e. The fourth-order valence-electron chi connectivity index (χ4n) is 0.882. The Hall–Kier alpha value is -1.78. The Bertz CT molecular complexity index is 410. The summed E-state index contributed by atoms with van der Waals surface area (Å²) in [5.41, 5.74) is 14.1. The third-order valence-electron chi connectivity index (χ3n) is 1.54. The Balaban J connectivity index is 2.60. The standard InChI is InChI=1S/C8H9ClN6/c9-7-6(5-12-8(10)14-7)3-1-2-4-13-15-11/h1,3,5H,2,4H2,(H2,10,12,14). The minimum absolute atomic E-state index is 0.145. The number of azide groups is 1. The molecule has 0 saturated carbocycles. The van der Waals surface area contributed by atoms with Crippen LogP contribution in [0.5, 0.6) is 0 Å². The number of hydrogen-bond acceptors (Lipinski definition) is 4. The number of nitrogen functional groups attached to an aromatic ring is 1.